The lowest BCUT2D eigenvalue weighted by atomic mass is 9.98. The van der Waals surface area contributed by atoms with E-state index in [9.17, 15) is 4.39 Å². The van der Waals surface area contributed by atoms with Gasteiger partial charge < -0.3 is 5.73 Å². The van der Waals surface area contributed by atoms with Crippen LogP contribution >= 0.6 is 0 Å². The minimum atomic E-state index is -0.0690. The lowest BCUT2D eigenvalue weighted by Gasteiger charge is -2.17. The minimum Gasteiger partial charge on any atom is -0.330 e. The molecule has 3 rings (SSSR count). The first-order valence-corrected chi connectivity index (χ1v) is 8.01. The third-order valence-corrected chi connectivity index (χ3v) is 4.48. The van der Waals surface area contributed by atoms with Gasteiger partial charge in [0.15, 0.2) is 0 Å². The van der Waals surface area contributed by atoms with E-state index in [0.717, 1.165) is 38.0 Å². The lowest BCUT2D eigenvalue weighted by molar-refractivity contribution is 0.326. The molecule has 0 aliphatic carbocycles. The summed E-state index contributed by atoms with van der Waals surface area (Å²) in [6, 6.07) is 15.9. The highest BCUT2D eigenvalue weighted by molar-refractivity contribution is 5.25. The second kappa shape index (κ2) is 7.03. The molecule has 22 heavy (non-hydrogen) atoms. The summed E-state index contributed by atoms with van der Waals surface area (Å²) in [5.41, 5.74) is 9.04. The van der Waals surface area contributed by atoms with Crippen LogP contribution in [0.2, 0.25) is 0 Å². The maximum atomic E-state index is 13.9. The number of halogens is 1. The Morgan fingerprint density at radius 1 is 1.05 bits per heavy atom. The predicted octanol–water partition coefficient (Wildman–Crippen LogP) is 3.32. The Balaban J connectivity index is 1.60. The van der Waals surface area contributed by atoms with Gasteiger partial charge in [-0.3, -0.25) is 4.90 Å². The summed E-state index contributed by atoms with van der Waals surface area (Å²) in [4.78, 5) is 2.41. The summed E-state index contributed by atoms with van der Waals surface area (Å²) in [6.45, 7) is 3.60. The van der Waals surface area contributed by atoms with Gasteiger partial charge in [-0.15, -0.1) is 0 Å². The van der Waals surface area contributed by atoms with E-state index in [4.69, 9.17) is 5.73 Å². The van der Waals surface area contributed by atoms with Crippen LogP contribution in [-0.2, 0) is 13.0 Å². The molecule has 1 unspecified atom stereocenters. The van der Waals surface area contributed by atoms with Gasteiger partial charge in [0.1, 0.15) is 5.82 Å². The van der Waals surface area contributed by atoms with Crippen molar-refractivity contribution < 1.29 is 4.39 Å². The monoisotopic (exact) mass is 298 g/mol. The van der Waals surface area contributed by atoms with E-state index in [-0.39, 0.29) is 5.82 Å². The Bertz CT molecular complexity index is 609. The molecule has 2 aromatic carbocycles. The van der Waals surface area contributed by atoms with Crippen molar-refractivity contribution in [1.29, 1.82) is 0 Å². The molecule has 1 atom stereocenters. The van der Waals surface area contributed by atoms with Crippen LogP contribution in [0, 0.1) is 5.82 Å². The molecule has 0 bridgehead atoms. The largest absolute Gasteiger partial charge is 0.330 e. The van der Waals surface area contributed by atoms with Gasteiger partial charge in [0.25, 0.3) is 0 Å². The van der Waals surface area contributed by atoms with Crippen molar-refractivity contribution in [1.82, 2.24) is 4.90 Å². The molecule has 3 heteroatoms. The lowest BCUT2D eigenvalue weighted by Crippen LogP contribution is -2.20. The molecule has 1 aliphatic rings. The van der Waals surface area contributed by atoms with Crippen LogP contribution in [0.5, 0.6) is 0 Å². The molecule has 2 nitrogen and oxygen atoms in total. The third-order valence-electron chi connectivity index (χ3n) is 4.48. The van der Waals surface area contributed by atoms with Crippen molar-refractivity contribution in [3.8, 4) is 0 Å². The average Bonchev–Trinajstić information content (AvgIpc) is 2.98. The Morgan fingerprint density at radius 2 is 1.77 bits per heavy atom. The standard InChI is InChI=1S/C19H23FN2/c20-19-4-2-1-3-18(19)17-10-12-22(14-17)13-16-7-5-15(6-8-16)9-11-21/h1-8,17H,9-14,21H2. The van der Waals surface area contributed by atoms with Gasteiger partial charge in [0.05, 0.1) is 0 Å². The maximum Gasteiger partial charge on any atom is 0.126 e. The summed E-state index contributed by atoms with van der Waals surface area (Å²) in [5, 5.41) is 0. The molecule has 0 amide bonds. The van der Waals surface area contributed by atoms with E-state index < -0.39 is 0 Å². The number of nitrogens with two attached hydrogens (primary N) is 1. The molecular formula is C19H23FN2. The summed E-state index contributed by atoms with van der Waals surface area (Å²) in [6.07, 6.45) is 1.96. The number of likely N-dealkylation sites (tertiary alicyclic amines) is 1. The van der Waals surface area contributed by atoms with E-state index in [1.807, 2.05) is 12.1 Å². The zero-order chi connectivity index (χ0) is 15.4. The Labute approximate surface area is 131 Å². The van der Waals surface area contributed by atoms with Crippen LogP contribution in [0.25, 0.3) is 0 Å². The first-order valence-electron chi connectivity index (χ1n) is 8.01. The number of hydrogen-bond donors (Lipinski definition) is 1. The normalized spacial score (nSPS) is 18.7. The van der Waals surface area contributed by atoms with Crippen LogP contribution in [0.1, 0.15) is 29.0 Å². The number of nitrogens with zero attached hydrogens (tertiary/aromatic N) is 1. The topological polar surface area (TPSA) is 29.3 Å². The Hall–Kier alpha value is -1.71. The van der Waals surface area contributed by atoms with Crippen molar-refractivity contribution in [3.05, 3.63) is 71.0 Å². The molecule has 1 heterocycles. The molecule has 1 aliphatic heterocycles. The minimum absolute atomic E-state index is 0.0690. The molecule has 2 aromatic rings. The molecule has 0 radical (unpaired) electrons. The summed E-state index contributed by atoms with van der Waals surface area (Å²) in [5.74, 6) is 0.248. The fourth-order valence-electron chi connectivity index (χ4n) is 3.27. The van der Waals surface area contributed by atoms with Crippen molar-refractivity contribution in [3.63, 3.8) is 0 Å². The second-order valence-electron chi connectivity index (χ2n) is 6.10. The molecule has 0 saturated carbocycles. The van der Waals surface area contributed by atoms with Crippen LogP contribution < -0.4 is 5.73 Å². The predicted molar refractivity (Wildman–Crippen MR) is 88.2 cm³/mol. The summed E-state index contributed by atoms with van der Waals surface area (Å²) in [7, 11) is 0. The number of hydrogen-bond acceptors (Lipinski definition) is 2. The fraction of sp³-hybridized carbons (Fsp3) is 0.368. The number of rotatable bonds is 5. The molecule has 116 valence electrons. The second-order valence-corrected chi connectivity index (χ2v) is 6.10. The smallest absolute Gasteiger partial charge is 0.126 e. The maximum absolute atomic E-state index is 13.9. The average molecular weight is 298 g/mol. The van der Waals surface area contributed by atoms with Crippen molar-refractivity contribution in [2.45, 2.75) is 25.3 Å². The highest BCUT2D eigenvalue weighted by Crippen LogP contribution is 2.29. The van der Waals surface area contributed by atoms with Gasteiger partial charge in [-0.2, -0.15) is 0 Å². The summed E-state index contributed by atoms with van der Waals surface area (Å²) < 4.78 is 13.9. The van der Waals surface area contributed by atoms with E-state index in [0.29, 0.717) is 12.5 Å². The number of benzene rings is 2. The molecule has 0 spiro atoms. The Kier molecular flexibility index (Phi) is 4.86. The van der Waals surface area contributed by atoms with Crippen molar-refractivity contribution in [2.75, 3.05) is 19.6 Å². The third kappa shape index (κ3) is 3.54. The molecule has 2 N–H and O–H groups in total. The van der Waals surface area contributed by atoms with Crippen LogP contribution in [-0.4, -0.2) is 24.5 Å². The molecule has 1 saturated heterocycles. The van der Waals surface area contributed by atoms with Gasteiger partial charge in [-0.25, -0.2) is 4.39 Å². The highest BCUT2D eigenvalue weighted by atomic mass is 19.1. The van der Waals surface area contributed by atoms with Crippen LogP contribution in [0.3, 0.4) is 0 Å². The van der Waals surface area contributed by atoms with Gasteiger partial charge in [0.2, 0.25) is 0 Å². The van der Waals surface area contributed by atoms with E-state index in [1.165, 1.54) is 11.1 Å². The van der Waals surface area contributed by atoms with Crippen molar-refractivity contribution >= 4 is 0 Å². The van der Waals surface area contributed by atoms with Gasteiger partial charge >= 0.3 is 0 Å². The molecule has 0 aromatic heterocycles. The zero-order valence-corrected chi connectivity index (χ0v) is 12.8. The quantitative estimate of drug-likeness (QED) is 0.917. The van der Waals surface area contributed by atoms with Crippen LogP contribution in [0.4, 0.5) is 4.39 Å². The zero-order valence-electron chi connectivity index (χ0n) is 12.8. The van der Waals surface area contributed by atoms with Gasteiger partial charge in [0, 0.05) is 19.0 Å². The highest BCUT2D eigenvalue weighted by Gasteiger charge is 2.25. The Morgan fingerprint density at radius 3 is 2.50 bits per heavy atom. The van der Waals surface area contributed by atoms with E-state index >= 15 is 0 Å². The molecular weight excluding hydrogens is 275 g/mol. The fourth-order valence-corrected chi connectivity index (χ4v) is 3.27. The van der Waals surface area contributed by atoms with E-state index in [2.05, 4.69) is 29.2 Å². The van der Waals surface area contributed by atoms with E-state index in [1.54, 1.807) is 12.1 Å². The van der Waals surface area contributed by atoms with Gasteiger partial charge in [-0.05, 0) is 48.7 Å². The van der Waals surface area contributed by atoms with Crippen molar-refractivity contribution in [2.24, 2.45) is 5.73 Å². The van der Waals surface area contributed by atoms with Crippen LogP contribution in [0.15, 0.2) is 48.5 Å². The first-order chi connectivity index (χ1) is 10.8. The van der Waals surface area contributed by atoms with Gasteiger partial charge in [-0.1, -0.05) is 42.5 Å². The first kappa shape index (κ1) is 15.2. The summed E-state index contributed by atoms with van der Waals surface area (Å²) >= 11 is 0. The molecule has 1 fully saturated rings. The SMILES string of the molecule is NCCc1ccc(CN2CCC(c3ccccc3F)C2)cc1.